The van der Waals surface area contributed by atoms with Crippen LogP contribution in [0, 0.1) is 5.92 Å². The van der Waals surface area contributed by atoms with Crippen LogP contribution in [0.2, 0.25) is 0 Å². The van der Waals surface area contributed by atoms with Crippen LogP contribution in [-0.2, 0) is 0 Å². The van der Waals surface area contributed by atoms with Gasteiger partial charge in [-0.2, -0.15) is 0 Å². The molecule has 0 saturated carbocycles. The maximum absolute atomic E-state index is 4.35. The number of hydrogen-bond acceptors (Lipinski definition) is 2. The largest absolute Gasteiger partial charge is 0.356 e. The van der Waals surface area contributed by atoms with E-state index in [9.17, 15) is 0 Å². The SMILES string of the molecule is CCCNc1nccn1C(C)CCC(C)C. The van der Waals surface area contributed by atoms with E-state index >= 15 is 0 Å². The zero-order valence-corrected chi connectivity index (χ0v) is 11.0. The first kappa shape index (κ1) is 13.1. The molecule has 1 aromatic heterocycles. The molecular weight excluding hydrogens is 198 g/mol. The van der Waals surface area contributed by atoms with Gasteiger partial charge in [-0.3, -0.25) is 0 Å². The van der Waals surface area contributed by atoms with E-state index < -0.39 is 0 Å². The van der Waals surface area contributed by atoms with E-state index in [1.165, 1.54) is 12.8 Å². The molecule has 0 bridgehead atoms. The highest BCUT2D eigenvalue weighted by Crippen LogP contribution is 2.20. The average molecular weight is 223 g/mol. The van der Waals surface area contributed by atoms with Gasteiger partial charge in [0.25, 0.3) is 0 Å². The van der Waals surface area contributed by atoms with Crippen LogP contribution < -0.4 is 5.32 Å². The molecule has 1 atom stereocenters. The fourth-order valence-corrected chi connectivity index (χ4v) is 1.76. The van der Waals surface area contributed by atoms with Gasteiger partial charge in [-0.25, -0.2) is 4.98 Å². The minimum atomic E-state index is 0.532. The first-order valence-electron chi connectivity index (χ1n) is 6.41. The first-order chi connectivity index (χ1) is 7.65. The van der Waals surface area contributed by atoms with Crippen molar-refractivity contribution in [3.05, 3.63) is 12.4 Å². The van der Waals surface area contributed by atoms with Crippen molar-refractivity contribution in [1.82, 2.24) is 9.55 Å². The number of rotatable bonds is 7. The van der Waals surface area contributed by atoms with Crippen LogP contribution >= 0.6 is 0 Å². The van der Waals surface area contributed by atoms with Crippen molar-refractivity contribution < 1.29 is 0 Å². The normalized spacial score (nSPS) is 13.1. The topological polar surface area (TPSA) is 29.9 Å². The van der Waals surface area contributed by atoms with Gasteiger partial charge >= 0.3 is 0 Å². The monoisotopic (exact) mass is 223 g/mol. The maximum Gasteiger partial charge on any atom is 0.203 e. The third-order valence-electron chi connectivity index (χ3n) is 2.84. The number of imidazole rings is 1. The molecule has 0 fully saturated rings. The lowest BCUT2D eigenvalue weighted by Gasteiger charge is -2.17. The Hall–Kier alpha value is -0.990. The Labute approximate surface area is 99.3 Å². The standard InChI is InChI=1S/C13H25N3/c1-5-8-14-13-15-9-10-16(13)12(4)7-6-11(2)3/h9-12H,5-8H2,1-4H3,(H,14,15). The molecule has 0 aliphatic rings. The van der Waals surface area contributed by atoms with Gasteiger partial charge in [0.05, 0.1) is 0 Å². The highest BCUT2D eigenvalue weighted by Gasteiger charge is 2.09. The number of nitrogens with one attached hydrogen (secondary N) is 1. The van der Waals surface area contributed by atoms with E-state index in [0.29, 0.717) is 6.04 Å². The van der Waals surface area contributed by atoms with Crippen molar-refractivity contribution in [2.24, 2.45) is 5.92 Å². The van der Waals surface area contributed by atoms with Crippen LogP contribution in [0.25, 0.3) is 0 Å². The molecule has 0 aliphatic carbocycles. The lowest BCUT2D eigenvalue weighted by Crippen LogP contribution is -2.12. The molecule has 92 valence electrons. The fourth-order valence-electron chi connectivity index (χ4n) is 1.76. The van der Waals surface area contributed by atoms with E-state index in [2.05, 4.69) is 48.8 Å². The van der Waals surface area contributed by atoms with Gasteiger partial charge in [-0.1, -0.05) is 20.8 Å². The highest BCUT2D eigenvalue weighted by atomic mass is 15.2. The summed E-state index contributed by atoms with van der Waals surface area (Å²) in [5.74, 6) is 1.79. The Morgan fingerprint density at radius 3 is 2.69 bits per heavy atom. The second kappa shape index (κ2) is 6.56. The molecule has 1 heterocycles. The molecule has 16 heavy (non-hydrogen) atoms. The number of anilines is 1. The molecule has 1 aromatic rings. The lowest BCUT2D eigenvalue weighted by molar-refractivity contribution is 0.442. The van der Waals surface area contributed by atoms with E-state index in [4.69, 9.17) is 0 Å². The van der Waals surface area contributed by atoms with Crippen molar-refractivity contribution in [3.8, 4) is 0 Å². The van der Waals surface area contributed by atoms with E-state index in [1.807, 2.05) is 6.20 Å². The Bertz CT molecular complexity index is 291. The van der Waals surface area contributed by atoms with Gasteiger partial charge in [0.1, 0.15) is 0 Å². The van der Waals surface area contributed by atoms with Gasteiger partial charge in [-0.05, 0) is 32.1 Å². The van der Waals surface area contributed by atoms with Crippen LogP contribution in [0.15, 0.2) is 12.4 Å². The predicted molar refractivity (Wildman–Crippen MR) is 69.8 cm³/mol. The molecule has 1 unspecified atom stereocenters. The molecule has 0 aromatic carbocycles. The average Bonchev–Trinajstić information content (AvgIpc) is 2.71. The Morgan fingerprint density at radius 2 is 2.06 bits per heavy atom. The molecule has 3 heteroatoms. The number of aromatic nitrogens is 2. The van der Waals surface area contributed by atoms with E-state index in [1.54, 1.807) is 0 Å². The third kappa shape index (κ3) is 3.87. The predicted octanol–water partition coefficient (Wildman–Crippen LogP) is 3.70. The van der Waals surface area contributed by atoms with Crippen molar-refractivity contribution in [3.63, 3.8) is 0 Å². The summed E-state index contributed by atoms with van der Waals surface area (Å²) in [7, 11) is 0. The summed E-state index contributed by atoms with van der Waals surface area (Å²) in [5.41, 5.74) is 0. The molecule has 0 radical (unpaired) electrons. The summed E-state index contributed by atoms with van der Waals surface area (Å²) in [6, 6.07) is 0.532. The third-order valence-corrected chi connectivity index (χ3v) is 2.84. The summed E-state index contributed by atoms with van der Waals surface area (Å²) < 4.78 is 2.25. The van der Waals surface area contributed by atoms with E-state index in [-0.39, 0.29) is 0 Å². The molecule has 1 N–H and O–H groups in total. The van der Waals surface area contributed by atoms with Gasteiger partial charge in [-0.15, -0.1) is 0 Å². The smallest absolute Gasteiger partial charge is 0.203 e. The molecule has 0 saturated heterocycles. The quantitative estimate of drug-likeness (QED) is 0.763. The van der Waals surface area contributed by atoms with Crippen LogP contribution in [0.3, 0.4) is 0 Å². The minimum Gasteiger partial charge on any atom is -0.356 e. The molecule has 0 amide bonds. The fraction of sp³-hybridized carbons (Fsp3) is 0.769. The van der Waals surface area contributed by atoms with Gasteiger partial charge in [0.15, 0.2) is 0 Å². The zero-order chi connectivity index (χ0) is 12.0. The maximum atomic E-state index is 4.35. The zero-order valence-electron chi connectivity index (χ0n) is 11.0. The number of hydrogen-bond donors (Lipinski definition) is 1. The molecule has 0 spiro atoms. The highest BCUT2D eigenvalue weighted by molar-refractivity contribution is 5.26. The number of nitrogens with zero attached hydrogens (tertiary/aromatic N) is 2. The van der Waals surface area contributed by atoms with Crippen molar-refractivity contribution in [1.29, 1.82) is 0 Å². The molecule has 1 rings (SSSR count). The van der Waals surface area contributed by atoms with Crippen LogP contribution in [0.1, 0.15) is 53.0 Å². The Morgan fingerprint density at radius 1 is 1.31 bits per heavy atom. The van der Waals surface area contributed by atoms with Gasteiger partial charge < -0.3 is 9.88 Å². The van der Waals surface area contributed by atoms with Crippen LogP contribution in [0.4, 0.5) is 5.95 Å². The second-order valence-electron chi connectivity index (χ2n) is 4.91. The van der Waals surface area contributed by atoms with Gasteiger partial charge in [0.2, 0.25) is 5.95 Å². The summed E-state index contributed by atoms with van der Waals surface area (Å²) >= 11 is 0. The van der Waals surface area contributed by atoms with Crippen molar-refractivity contribution in [2.75, 3.05) is 11.9 Å². The Balaban J connectivity index is 2.53. The minimum absolute atomic E-state index is 0.532. The Kier molecular flexibility index (Phi) is 5.36. The first-order valence-corrected chi connectivity index (χ1v) is 6.41. The second-order valence-corrected chi connectivity index (χ2v) is 4.91. The molecular formula is C13H25N3. The van der Waals surface area contributed by atoms with Crippen LogP contribution in [0.5, 0.6) is 0 Å². The molecule has 0 aliphatic heterocycles. The molecule has 3 nitrogen and oxygen atoms in total. The van der Waals surface area contributed by atoms with Gasteiger partial charge in [0, 0.05) is 25.0 Å². The summed E-state index contributed by atoms with van der Waals surface area (Å²) in [4.78, 5) is 4.35. The van der Waals surface area contributed by atoms with E-state index in [0.717, 1.165) is 24.8 Å². The van der Waals surface area contributed by atoms with Crippen LogP contribution in [-0.4, -0.2) is 16.1 Å². The summed E-state index contributed by atoms with van der Waals surface area (Å²) in [6.45, 7) is 9.98. The summed E-state index contributed by atoms with van der Waals surface area (Å²) in [6.07, 6.45) is 7.57. The van der Waals surface area contributed by atoms with Crippen molar-refractivity contribution >= 4 is 5.95 Å². The summed E-state index contributed by atoms with van der Waals surface area (Å²) in [5, 5.41) is 3.36. The van der Waals surface area contributed by atoms with Crippen molar-refractivity contribution in [2.45, 2.75) is 53.0 Å². The lowest BCUT2D eigenvalue weighted by atomic mass is 10.0.